The second-order valence-corrected chi connectivity index (χ2v) is 3.70. The lowest BCUT2D eigenvalue weighted by Gasteiger charge is -2.38. The zero-order valence-electron chi connectivity index (χ0n) is 9.08. The van der Waals surface area contributed by atoms with E-state index < -0.39 is 12.1 Å². The third kappa shape index (κ3) is 4.86. The Labute approximate surface area is 93.8 Å². The zero-order valence-corrected chi connectivity index (χ0v) is 9.08. The number of nitrogens with zero attached hydrogens (tertiary/aromatic N) is 1. The first-order valence-electron chi connectivity index (χ1n) is 5.08. The Morgan fingerprint density at radius 1 is 1.06 bits per heavy atom. The predicted octanol–water partition coefficient (Wildman–Crippen LogP) is -4.11. The molecule has 0 aromatic heterocycles. The summed E-state index contributed by atoms with van der Waals surface area (Å²) in [5.74, 6) is -1.60. The molecule has 1 atom stereocenters. The lowest BCUT2D eigenvalue weighted by molar-refractivity contribution is -0.931. The van der Waals surface area contributed by atoms with E-state index in [0.29, 0.717) is 0 Å². The van der Waals surface area contributed by atoms with Crippen LogP contribution in [0.4, 0.5) is 0 Å². The highest BCUT2D eigenvalue weighted by Gasteiger charge is 2.29. The summed E-state index contributed by atoms with van der Waals surface area (Å²) in [7, 11) is 0. The molecule has 0 bridgehead atoms. The summed E-state index contributed by atoms with van der Waals surface area (Å²) in [5.41, 5.74) is 0. The fourth-order valence-corrected chi connectivity index (χ4v) is 1.69. The van der Waals surface area contributed by atoms with E-state index in [0.717, 1.165) is 0 Å². The highest BCUT2D eigenvalue weighted by atomic mass is 16.4. The lowest BCUT2D eigenvalue weighted by atomic mass is 10.2. The number of carbonyl (C=O) groups excluding carboxylic acids is 1. The molecular weight excluding hydrogens is 218 g/mol. The topological polar surface area (TPSA) is 121 Å². The third-order valence-electron chi connectivity index (χ3n) is 2.56. The predicted molar refractivity (Wildman–Crippen MR) is 52.0 cm³/mol. The van der Waals surface area contributed by atoms with Crippen LogP contribution in [0.1, 0.15) is 0 Å². The van der Waals surface area contributed by atoms with Crippen molar-refractivity contribution >= 4 is 5.97 Å². The fraction of sp³-hybridized carbons (Fsp3) is 0.889. The molecule has 0 aromatic rings. The van der Waals surface area contributed by atoms with Gasteiger partial charge in [-0.25, -0.2) is 0 Å². The summed E-state index contributed by atoms with van der Waals surface area (Å²) in [6, 6.07) is 0. The largest absolute Gasteiger partial charge is 0.547 e. The van der Waals surface area contributed by atoms with Gasteiger partial charge in [0.1, 0.15) is 32.3 Å². The van der Waals surface area contributed by atoms with E-state index in [4.69, 9.17) is 15.3 Å². The first kappa shape index (κ1) is 15.3. The van der Waals surface area contributed by atoms with Gasteiger partial charge in [0.25, 0.3) is 0 Å². The SMILES string of the molecule is O=C([O-])C(O)C[N+](CCO)(CCO)CCO. The van der Waals surface area contributed by atoms with E-state index in [1.165, 1.54) is 0 Å². The first-order chi connectivity index (χ1) is 7.51. The second-order valence-electron chi connectivity index (χ2n) is 3.70. The molecule has 0 fully saturated rings. The highest BCUT2D eigenvalue weighted by Crippen LogP contribution is 2.07. The maximum absolute atomic E-state index is 10.4. The number of hydrogen-bond donors (Lipinski definition) is 4. The van der Waals surface area contributed by atoms with Crippen molar-refractivity contribution in [1.82, 2.24) is 0 Å². The number of carbonyl (C=O) groups is 1. The van der Waals surface area contributed by atoms with E-state index in [2.05, 4.69) is 0 Å². The van der Waals surface area contributed by atoms with Crippen LogP contribution in [0, 0.1) is 0 Å². The average Bonchev–Trinajstić information content (AvgIpc) is 2.18. The molecule has 16 heavy (non-hydrogen) atoms. The van der Waals surface area contributed by atoms with Crippen molar-refractivity contribution in [2.45, 2.75) is 6.10 Å². The smallest absolute Gasteiger partial charge is 0.142 e. The molecule has 4 N–H and O–H groups in total. The summed E-state index contributed by atoms with van der Waals surface area (Å²) < 4.78 is -0.0569. The van der Waals surface area contributed by atoms with Crippen LogP contribution in [0.25, 0.3) is 0 Å². The van der Waals surface area contributed by atoms with Crippen LogP contribution >= 0.6 is 0 Å². The molecule has 96 valence electrons. The van der Waals surface area contributed by atoms with Crippen molar-refractivity contribution in [3.63, 3.8) is 0 Å². The molecule has 0 spiro atoms. The normalized spacial score (nSPS) is 13.8. The van der Waals surface area contributed by atoms with E-state index in [-0.39, 0.29) is 50.5 Å². The second kappa shape index (κ2) is 7.53. The van der Waals surface area contributed by atoms with Crippen molar-refractivity contribution in [2.24, 2.45) is 0 Å². The van der Waals surface area contributed by atoms with Gasteiger partial charge < -0.3 is 34.8 Å². The number of quaternary nitrogens is 1. The van der Waals surface area contributed by atoms with Crippen LogP contribution in [0.15, 0.2) is 0 Å². The van der Waals surface area contributed by atoms with Gasteiger partial charge in [-0.3, -0.25) is 0 Å². The molecule has 0 aliphatic carbocycles. The number of carboxylic acids is 1. The summed E-state index contributed by atoms with van der Waals surface area (Å²) in [5, 5.41) is 46.3. The number of aliphatic carboxylic acids is 1. The minimum absolute atomic E-state index is 0.0569. The first-order valence-corrected chi connectivity index (χ1v) is 5.08. The molecule has 0 aliphatic heterocycles. The molecule has 1 unspecified atom stereocenters. The Morgan fingerprint density at radius 3 is 1.69 bits per heavy atom. The van der Waals surface area contributed by atoms with Gasteiger partial charge in [0, 0.05) is 0 Å². The van der Waals surface area contributed by atoms with Crippen molar-refractivity contribution in [1.29, 1.82) is 0 Å². The average molecular weight is 237 g/mol. The van der Waals surface area contributed by atoms with Crippen molar-refractivity contribution in [2.75, 3.05) is 46.0 Å². The number of rotatable bonds is 9. The van der Waals surface area contributed by atoms with Gasteiger partial charge in [-0.1, -0.05) is 0 Å². The summed E-state index contributed by atoms with van der Waals surface area (Å²) in [6.45, 7) is -0.397. The Kier molecular flexibility index (Phi) is 7.18. The molecule has 0 saturated heterocycles. The molecule has 0 heterocycles. The van der Waals surface area contributed by atoms with Gasteiger partial charge in [-0.05, 0) is 0 Å². The maximum atomic E-state index is 10.4. The lowest BCUT2D eigenvalue weighted by Crippen LogP contribution is -2.59. The van der Waals surface area contributed by atoms with Crippen LogP contribution in [0.3, 0.4) is 0 Å². The number of aliphatic hydroxyl groups excluding tert-OH is 4. The molecule has 0 saturated carbocycles. The molecule has 0 amide bonds. The Morgan fingerprint density at radius 2 is 1.44 bits per heavy atom. The molecule has 0 aromatic carbocycles. The molecule has 0 aliphatic rings. The Bertz CT molecular complexity index is 193. The van der Waals surface area contributed by atoms with Crippen LogP contribution in [-0.2, 0) is 4.79 Å². The van der Waals surface area contributed by atoms with Crippen LogP contribution in [0.5, 0.6) is 0 Å². The molecular formula is C9H19NO6. The van der Waals surface area contributed by atoms with E-state index >= 15 is 0 Å². The zero-order chi connectivity index (χ0) is 12.6. The quantitative estimate of drug-likeness (QED) is 0.302. The number of carboxylic acid groups (broad SMARTS) is 1. The van der Waals surface area contributed by atoms with Gasteiger partial charge in [0.15, 0.2) is 0 Å². The van der Waals surface area contributed by atoms with Crippen LogP contribution in [0.2, 0.25) is 0 Å². The minimum Gasteiger partial charge on any atom is -0.547 e. The van der Waals surface area contributed by atoms with Gasteiger partial charge in [0.2, 0.25) is 0 Å². The summed E-state index contributed by atoms with van der Waals surface area (Å²) in [4.78, 5) is 10.4. The van der Waals surface area contributed by atoms with Crippen molar-refractivity contribution in [3.8, 4) is 0 Å². The Balaban J connectivity index is 4.64. The monoisotopic (exact) mass is 237 g/mol. The minimum atomic E-state index is -1.68. The van der Waals surface area contributed by atoms with Gasteiger partial charge in [-0.15, -0.1) is 0 Å². The van der Waals surface area contributed by atoms with Gasteiger partial charge in [0.05, 0.1) is 25.8 Å². The van der Waals surface area contributed by atoms with Gasteiger partial charge >= 0.3 is 0 Å². The van der Waals surface area contributed by atoms with Gasteiger partial charge in [-0.2, -0.15) is 0 Å². The molecule has 7 heteroatoms. The molecule has 7 nitrogen and oxygen atoms in total. The molecule has 0 radical (unpaired) electrons. The summed E-state index contributed by atoms with van der Waals surface area (Å²) >= 11 is 0. The van der Waals surface area contributed by atoms with E-state index in [1.807, 2.05) is 0 Å². The van der Waals surface area contributed by atoms with Crippen LogP contribution in [-0.4, -0.2) is 83.0 Å². The van der Waals surface area contributed by atoms with E-state index in [9.17, 15) is 15.0 Å². The van der Waals surface area contributed by atoms with Crippen molar-refractivity contribution < 1.29 is 34.8 Å². The number of hydrogen-bond acceptors (Lipinski definition) is 6. The number of aliphatic hydroxyl groups is 4. The standard InChI is InChI=1S/C9H19NO6/c11-4-1-10(2-5-12,3-6-13)7-8(14)9(15)16/h8,11-14H,1-7H2. The van der Waals surface area contributed by atoms with Crippen LogP contribution < -0.4 is 5.11 Å². The fourth-order valence-electron chi connectivity index (χ4n) is 1.69. The molecule has 0 rings (SSSR count). The Hall–Kier alpha value is -0.730. The maximum Gasteiger partial charge on any atom is 0.142 e. The van der Waals surface area contributed by atoms with Crippen molar-refractivity contribution in [3.05, 3.63) is 0 Å². The third-order valence-corrected chi connectivity index (χ3v) is 2.56. The summed E-state index contributed by atoms with van der Waals surface area (Å²) in [6.07, 6.45) is -1.68. The highest BCUT2D eigenvalue weighted by molar-refractivity contribution is 5.69. The van der Waals surface area contributed by atoms with E-state index in [1.54, 1.807) is 0 Å².